The van der Waals surface area contributed by atoms with Gasteiger partial charge in [0.25, 0.3) is 0 Å². The molecule has 0 spiro atoms. The van der Waals surface area contributed by atoms with Crippen LogP contribution in [0.3, 0.4) is 0 Å². The van der Waals surface area contributed by atoms with Gasteiger partial charge in [0, 0.05) is 25.2 Å². The molecule has 0 aromatic heterocycles. The molecule has 0 radical (unpaired) electrons. The molecule has 1 rings (SSSR count). The molecule has 2 N–H and O–H groups in total. The van der Waals surface area contributed by atoms with Crippen LogP contribution < -0.4 is 5.32 Å². The third-order valence-corrected chi connectivity index (χ3v) is 2.91. The fraction of sp³-hybridized carbons (Fsp3) is 1.00. The lowest BCUT2D eigenvalue weighted by molar-refractivity contribution is 0.0906. The molecule has 3 heteroatoms. The quantitative estimate of drug-likeness (QED) is 0.690. The minimum atomic E-state index is 0.321. The van der Waals surface area contributed by atoms with Crippen molar-refractivity contribution in [2.24, 2.45) is 0 Å². The summed E-state index contributed by atoms with van der Waals surface area (Å²) in [6, 6.07) is 0.977. The average Bonchev–Trinajstić information content (AvgIpc) is 2.18. The summed E-state index contributed by atoms with van der Waals surface area (Å²) in [6.45, 7) is 7.92. The highest BCUT2D eigenvalue weighted by Crippen LogP contribution is 2.15. The normalized spacial score (nSPS) is 24.4. The topological polar surface area (TPSA) is 35.5 Å². The van der Waals surface area contributed by atoms with Crippen LogP contribution in [0.2, 0.25) is 0 Å². The second-order valence-corrected chi connectivity index (χ2v) is 4.48. The largest absolute Gasteiger partial charge is 0.395 e. The van der Waals surface area contributed by atoms with E-state index in [1.54, 1.807) is 0 Å². The monoisotopic (exact) mass is 200 g/mol. The maximum absolute atomic E-state index is 9.21. The van der Waals surface area contributed by atoms with Crippen LogP contribution >= 0.6 is 0 Å². The molecule has 1 atom stereocenters. The molecule has 0 aliphatic carbocycles. The van der Waals surface area contributed by atoms with Gasteiger partial charge in [0.05, 0.1) is 6.61 Å². The Morgan fingerprint density at radius 1 is 1.43 bits per heavy atom. The van der Waals surface area contributed by atoms with Crippen molar-refractivity contribution >= 4 is 0 Å². The summed E-state index contributed by atoms with van der Waals surface area (Å²) >= 11 is 0. The number of nitrogens with zero attached hydrogens (tertiary/aromatic N) is 1. The van der Waals surface area contributed by atoms with Crippen molar-refractivity contribution in [3.8, 4) is 0 Å². The van der Waals surface area contributed by atoms with Crippen LogP contribution in [0.15, 0.2) is 0 Å². The van der Waals surface area contributed by atoms with Crippen molar-refractivity contribution in [3.05, 3.63) is 0 Å². The van der Waals surface area contributed by atoms with Crippen LogP contribution in [0.25, 0.3) is 0 Å². The molecule has 0 amide bonds. The summed E-state index contributed by atoms with van der Waals surface area (Å²) in [6.07, 6.45) is 3.73. The molecule has 1 aliphatic heterocycles. The van der Waals surface area contributed by atoms with Gasteiger partial charge in [-0.05, 0) is 19.4 Å². The van der Waals surface area contributed by atoms with Crippen molar-refractivity contribution in [2.45, 2.75) is 45.2 Å². The molecule has 0 saturated carbocycles. The third kappa shape index (κ3) is 3.95. The Morgan fingerprint density at radius 2 is 2.21 bits per heavy atom. The Hall–Kier alpha value is -0.120. The molecule has 14 heavy (non-hydrogen) atoms. The van der Waals surface area contributed by atoms with E-state index in [1.807, 2.05) is 0 Å². The van der Waals surface area contributed by atoms with E-state index in [4.69, 9.17) is 0 Å². The molecule has 1 fully saturated rings. The summed E-state index contributed by atoms with van der Waals surface area (Å²) in [5.74, 6) is 0. The van der Waals surface area contributed by atoms with Crippen LogP contribution in [0.4, 0.5) is 0 Å². The summed E-state index contributed by atoms with van der Waals surface area (Å²) < 4.78 is 0. The first-order chi connectivity index (χ1) is 6.74. The first-order valence-electron chi connectivity index (χ1n) is 5.82. The summed E-state index contributed by atoms with van der Waals surface area (Å²) in [4.78, 5) is 2.42. The van der Waals surface area contributed by atoms with Crippen LogP contribution in [0.5, 0.6) is 0 Å². The highest BCUT2D eigenvalue weighted by molar-refractivity contribution is 4.76. The lowest BCUT2D eigenvalue weighted by Crippen LogP contribution is -2.45. The van der Waals surface area contributed by atoms with Gasteiger partial charge < -0.3 is 10.4 Å². The molecule has 1 heterocycles. The number of hydrogen-bond donors (Lipinski definition) is 2. The van der Waals surface area contributed by atoms with Gasteiger partial charge in [-0.15, -0.1) is 0 Å². The molecule has 0 aromatic carbocycles. The maximum atomic E-state index is 9.21. The summed E-state index contributed by atoms with van der Waals surface area (Å²) in [5.41, 5.74) is 0. The Labute approximate surface area is 87.5 Å². The molecular weight excluding hydrogens is 176 g/mol. The molecular formula is C11H24N2O. The Bertz CT molecular complexity index is 150. The zero-order valence-corrected chi connectivity index (χ0v) is 9.50. The number of aliphatic hydroxyl groups excluding tert-OH is 1. The van der Waals surface area contributed by atoms with E-state index in [1.165, 1.54) is 12.8 Å². The second kappa shape index (κ2) is 6.38. The van der Waals surface area contributed by atoms with Crippen molar-refractivity contribution < 1.29 is 5.11 Å². The van der Waals surface area contributed by atoms with Gasteiger partial charge in [0.2, 0.25) is 0 Å². The molecule has 1 unspecified atom stereocenters. The van der Waals surface area contributed by atoms with E-state index < -0.39 is 0 Å². The van der Waals surface area contributed by atoms with Crippen molar-refractivity contribution in [2.75, 3.05) is 26.2 Å². The fourth-order valence-electron chi connectivity index (χ4n) is 2.06. The predicted octanol–water partition coefficient (Wildman–Crippen LogP) is 0.831. The predicted molar refractivity (Wildman–Crippen MR) is 59.4 cm³/mol. The number of piperidine rings is 1. The number of aliphatic hydroxyl groups is 1. The molecule has 0 bridgehead atoms. The zero-order chi connectivity index (χ0) is 10.4. The number of hydrogen-bond acceptors (Lipinski definition) is 3. The van der Waals surface area contributed by atoms with Crippen LogP contribution in [-0.2, 0) is 0 Å². The minimum absolute atomic E-state index is 0.321. The van der Waals surface area contributed by atoms with Crippen molar-refractivity contribution in [1.29, 1.82) is 0 Å². The zero-order valence-electron chi connectivity index (χ0n) is 9.50. The first-order valence-corrected chi connectivity index (χ1v) is 5.82. The Kier molecular flexibility index (Phi) is 5.45. The van der Waals surface area contributed by atoms with Gasteiger partial charge in [-0.2, -0.15) is 0 Å². The van der Waals surface area contributed by atoms with Crippen LogP contribution in [-0.4, -0.2) is 48.3 Å². The van der Waals surface area contributed by atoms with E-state index in [9.17, 15) is 5.11 Å². The van der Waals surface area contributed by atoms with Crippen LogP contribution in [0.1, 0.15) is 33.1 Å². The third-order valence-electron chi connectivity index (χ3n) is 2.91. The molecule has 1 saturated heterocycles. The average molecular weight is 200 g/mol. The number of rotatable bonds is 5. The van der Waals surface area contributed by atoms with Crippen LogP contribution in [0, 0.1) is 0 Å². The lowest BCUT2D eigenvalue weighted by Gasteiger charge is -2.34. The van der Waals surface area contributed by atoms with E-state index in [0.717, 1.165) is 26.1 Å². The van der Waals surface area contributed by atoms with Gasteiger partial charge in [0.15, 0.2) is 0 Å². The van der Waals surface area contributed by atoms with Gasteiger partial charge in [-0.25, -0.2) is 0 Å². The van der Waals surface area contributed by atoms with Crippen molar-refractivity contribution in [3.63, 3.8) is 0 Å². The van der Waals surface area contributed by atoms with Crippen molar-refractivity contribution in [1.82, 2.24) is 10.2 Å². The van der Waals surface area contributed by atoms with E-state index in [-0.39, 0.29) is 0 Å². The maximum Gasteiger partial charge on any atom is 0.0586 e. The molecule has 0 aromatic rings. The SMILES string of the molecule is CC(C)NCCN1CCCCC1CO. The molecule has 1 aliphatic rings. The number of nitrogens with one attached hydrogen (secondary N) is 1. The molecule has 84 valence electrons. The molecule has 3 nitrogen and oxygen atoms in total. The van der Waals surface area contributed by atoms with E-state index >= 15 is 0 Å². The van der Waals surface area contributed by atoms with Gasteiger partial charge in [-0.3, -0.25) is 4.90 Å². The lowest BCUT2D eigenvalue weighted by atomic mass is 10.0. The highest BCUT2D eigenvalue weighted by atomic mass is 16.3. The highest BCUT2D eigenvalue weighted by Gasteiger charge is 2.20. The standard InChI is InChI=1S/C11H24N2O/c1-10(2)12-6-8-13-7-4-3-5-11(13)9-14/h10-12,14H,3-9H2,1-2H3. The van der Waals surface area contributed by atoms with Gasteiger partial charge in [0.1, 0.15) is 0 Å². The minimum Gasteiger partial charge on any atom is -0.395 e. The second-order valence-electron chi connectivity index (χ2n) is 4.48. The Balaban J connectivity index is 2.19. The first kappa shape index (κ1) is 12.0. The smallest absolute Gasteiger partial charge is 0.0586 e. The van der Waals surface area contributed by atoms with Gasteiger partial charge >= 0.3 is 0 Å². The summed E-state index contributed by atoms with van der Waals surface area (Å²) in [5, 5.41) is 12.6. The number of likely N-dealkylation sites (tertiary alicyclic amines) is 1. The van der Waals surface area contributed by atoms with E-state index in [0.29, 0.717) is 18.7 Å². The fourth-order valence-corrected chi connectivity index (χ4v) is 2.06. The summed E-state index contributed by atoms with van der Waals surface area (Å²) in [7, 11) is 0. The Morgan fingerprint density at radius 3 is 2.86 bits per heavy atom. The van der Waals surface area contributed by atoms with Gasteiger partial charge in [-0.1, -0.05) is 20.3 Å². The van der Waals surface area contributed by atoms with E-state index in [2.05, 4.69) is 24.1 Å².